The minimum Gasteiger partial charge on any atom is -0.492 e. The van der Waals surface area contributed by atoms with Crippen molar-refractivity contribution in [3.05, 3.63) is 62.1 Å². The normalized spacial score (nSPS) is 10.6. The van der Waals surface area contributed by atoms with Crippen LogP contribution < -0.4 is 14.9 Å². The van der Waals surface area contributed by atoms with E-state index < -0.39 is 4.92 Å². The average molecular weight is 436 g/mol. The molecule has 0 aliphatic heterocycles. The molecule has 0 fully saturated rings. The topological polar surface area (TPSA) is 103 Å². The molecule has 2 aromatic rings. The number of benzene rings is 2. The fraction of sp³-hybridized carbons (Fsp3) is 0.222. The zero-order valence-electron chi connectivity index (χ0n) is 14.8. The van der Waals surface area contributed by atoms with E-state index in [1.807, 2.05) is 6.92 Å². The molecule has 0 saturated heterocycles. The van der Waals surface area contributed by atoms with Gasteiger partial charge in [-0.2, -0.15) is 5.10 Å². The summed E-state index contributed by atoms with van der Waals surface area (Å²) in [7, 11) is 1.55. The lowest BCUT2D eigenvalue weighted by Gasteiger charge is -2.11. The lowest BCUT2D eigenvalue weighted by molar-refractivity contribution is -0.384. The van der Waals surface area contributed by atoms with Crippen LogP contribution in [-0.2, 0) is 11.2 Å². The zero-order chi connectivity index (χ0) is 19.8. The second kappa shape index (κ2) is 9.67. The van der Waals surface area contributed by atoms with Gasteiger partial charge in [-0.3, -0.25) is 14.9 Å². The molecule has 27 heavy (non-hydrogen) atoms. The highest BCUT2D eigenvalue weighted by Crippen LogP contribution is 2.36. The number of nitro benzene ring substituents is 1. The van der Waals surface area contributed by atoms with Crippen LogP contribution in [0.1, 0.15) is 18.1 Å². The maximum absolute atomic E-state index is 11.9. The number of carbonyl (C=O) groups excluding carboxylic acids is 1. The summed E-state index contributed by atoms with van der Waals surface area (Å²) in [4.78, 5) is 22.1. The molecule has 142 valence electrons. The maximum atomic E-state index is 11.9. The third kappa shape index (κ3) is 5.78. The molecule has 0 unspecified atom stereocenters. The van der Waals surface area contributed by atoms with Gasteiger partial charge < -0.3 is 9.47 Å². The summed E-state index contributed by atoms with van der Waals surface area (Å²) in [6, 6.07) is 9.32. The molecule has 0 aliphatic carbocycles. The molecule has 0 atom stereocenters. The van der Waals surface area contributed by atoms with Gasteiger partial charge in [0.05, 0.1) is 35.7 Å². The molecule has 1 N–H and O–H groups in total. The number of hydrogen-bond donors (Lipinski definition) is 1. The van der Waals surface area contributed by atoms with E-state index in [0.717, 1.165) is 0 Å². The van der Waals surface area contributed by atoms with Gasteiger partial charge in [-0.15, -0.1) is 0 Å². The van der Waals surface area contributed by atoms with Crippen molar-refractivity contribution in [2.45, 2.75) is 13.3 Å². The zero-order valence-corrected chi connectivity index (χ0v) is 16.4. The molecule has 0 aliphatic rings. The molecule has 0 aromatic heterocycles. The minimum absolute atomic E-state index is 0.0210. The SMILES string of the molecule is CCOc1cc(/C=N\NC(=O)Cc2ccc([N+](=O)[O-])cc2)cc(Br)c1OC. The maximum Gasteiger partial charge on any atom is 0.269 e. The molecular formula is C18H18BrN3O5. The first-order chi connectivity index (χ1) is 12.9. The van der Waals surface area contributed by atoms with Crippen molar-refractivity contribution in [3.63, 3.8) is 0 Å². The van der Waals surface area contributed by atoms with Gasteiger partial charge in [0.1, 0.15) is 0 Å². The van der Waals surface area contributed by atoms with Crippen molar-refractivity contribution in [1.82, 2.24) is 5.43 Å². The number of hydrazone groups is 1. The Hall–Kier alpha value is -2.94. The van der Waals surface area contributed by atoms with Crippen molar-refractivity contribution in [2.24, 2.45) is 5.10 Å². The van der Waals surface area contributed by atoms with E-state index in [0.29, 0.717) is 33.7 Å². The average Bonchev–Trinajstić information content (AvgIpc) is 2.62. The lowest BCUT2D eigenvalue weighted by Crippen LogP contribution is -2.19. The van der Waals surface area contributed by atoms with E-state index in [-0.39, 0.29) is 18.0 Å². The van der Waals surface area contributed by atoms with Crippen molar-refractivity contribution in [1.29, 1.82) is 0 Å². The number of ether oxygens (including phenoxy) is 2. The predicted octanol–water partition coefficient (Wildman–Crippen LogP) is 3.46. The van der Waals surface area contributed by atoms with E-state index in [2.05, 4.69) is 26.5 Å². The van der Waals surface area contributed by atoms with Crippen molar-refractivity contribution in [3.8, 4) is 11.5 Å². The second-order valence-corrected chi connectivity index (χ2v) is 6.21. The molecule has 2 rings (SSSR count). The van der Waals surface area contributed by atoms with Gasteiger partial charge in [0, 0.05) is 12.1 Å². The standard InChI is InChI=1S/C18H18BrN3O5/c1-3-27-16-9-13(8-15(19)18(16)26-2)11-20-21-17(23)10-12-4-6-14(7-5-12)22(24)25/h4-9,11H,3,10H2,1-2H3,(H,21,23)/b20-11-. The molecule has 1 amide bonds. The Morgan fingerprint density at radius 3 is 2.63 bits per heavy atom. The summed E-state index contributed by atoms with van der Waals surface area (Å²) in [5, 5.41) is 14.6. The second-order valence-electron chi connectivity index (χ2n) is 5.36. The Morgan fingerprint density at radius 2 is 2.04 bits per heavy atom. The van der Waals surface area contributed by atoms with Crippen LogP contribution in [0, 0.1) is 10.1 Å². The lowest BCUT2D eigenvalue weighted by atomic mass is 10.1. The van der Waals surface area contributed by atoms with Crippen LogP contribution in [0.3, 0.4) is 0 Å². The number of carbonyl (C=O) groups is 1. The Morgan fingerprint density at radius 1 is 1.33 bits per heavy atom. The first-order valence-corrected chi connectivity index (χ1v) is 8.79. The number of non-ortho nitro benzene ring substituents is 1. The molecule has 0 radical (unpaired) electrons. The molecule has 9 heteroatoms. The summed E-state index contributed by atoms with van der Waals surface area (Å²) in [6.07, 6.45) is 1.55. The molecule has 0 heterocycles. The van der Waals surface area contributed by atoms with Crippen LogP contribution in [0.15, 0.2) is 46.0 Å². The van der Waals surface area contributed by atoms with Crippen LogP contribution in [0.5, 0.6) is 11.5 Å². The van der Waals surface area contributed by atoms with Gasteiger partial charge in [0.15, 0.2) is 11.5 Å². The number of nitrogens with one attached hydrogen (secondary N) is 1. The van der Waals surface area contributed by atoms with Gasteiger partial charge in [-0.25, -0.2) is 5.43 Å². The fourth-order valence-corrected chi connectivity index (χ4v) is 2.88. The quantitative estimate of drug-likeness (QED) is 0.388. The third-order valence-corrected chi connectivity index (χ3v) is 4.04. The van der Waals surface area contributed by atoms with Gasteiger partial charge in [-0.05, 0) is 46.1 Å². The Bertz CT molecular complexity index is 853. The van der Waals surface area contributed by atoms with Crippen LogP contribution in [0.4, 0.5) is 5.69 Å². The summed E-state index contributed by atoms with van der Waals surface area (Å²) >= 11 is 3.41. The highest BCUT2D eigenvalue weighted by atomic mass is 79.9. The van der Waals surface area contributed by atoms with E-state index in [1.165, 1.54) is 30.5 Å². The molecular weight excluding hydrogens is 418 g/mol. The van der Waals surface area contributed by atoms with Gasteiger partial charge in [0.2, 0.25) is 5.91 Å². The number of amides is 1. The predicted molar refractivity (Wildman–Crippen MR) is 104 cm³/mol. The molecule has 2 aromatic carbocycles. The molecule has 8 nitrogen and oxygen atoms in total. The Balaban J connectivity index is 2.00. The third-order valence-electron chi connectivity index (χ3n) is 3.45. The smallest absolute Gasteiger partial charge is 0.269 e. The number of nitrogens with zero attached hydrogens (tertiary/aromatic N) is 2. The number of hydrogen-bond acceptors (Lipinski definition) is 6. The first kappa shape index (κ1) is 20.4. The van der Waals surface area contributed by atoms with Gasteiger partial charge >= 0.3 is 0 Å². The number of rotatable bonds is 8. The van der Waals surface area contributed by atoms with Crippen molar-refractivity contribution < 1.29 is 19.2 Å². The monoisotopic (exact) mass is 435 g/mol. The Kier molecular flexibility index (Phi) is 7.30. The van der Waals surface area contributed by atoms with E-state index in [4.69, 9.17) is 9.47 Å². The van der Waals surface area contributed by atoms with Gasteiger partial charge in [0.25, 0.3) is 5.69 Å². The van der Waals surface area contributed by atoms with E-state index >= 15 is 0 Å². The summed E-state index contributed by atoms with van der Waals surface area (Å²) < 4.78 is 11.5. The summed E-state index contributed by atoms with van der Waals surface area (Å²) in [5.74, 6) is 0.807. The van der Waals surface area contributed by atoms with E-state index in [1.54, 1.807) is 19.2 Å². The summed E-state index contributed by atoms with van der Waals surface area (Å²) in [5.41, 5.74) is 3.77. The van der Waals surface area contributed by atoms with Crippen LogP contribution in [0.25, 0.3) is 0 Å². The Labute approximate surface area is 164 Å². The van der Waals surface area contributed by atoms with Crippen LogP contribution in [-0.4, -0.2) is 30.8 Å². The molecule has 0 saturated carbocycles. The first-order valence-electron chi connectivity index (χ1n) is 8.00. The van der Waals surface area contributed by atoms with Gasteiger partial charge in [-0.1, -0.05) is 12.1 Å². The summed E-state index contributed by atoms with van der Waals surface area (Å²) in [6.45, 7) is 2.35. The number of methoxy groups -OCH3 is 1. The van der Waals surface area contributed by atoms with Crippen molar-refractivity contribution >= 4 is 33.7 Å². The fourth-order valence-electron chi connectivity index (χ4n) is 2.26. The van der Waals surface area contributed by atoms with Crippen LogP contribution in [0.2, 0.25) is 0 Å². The number of halogens is 1. The molecule has 0 spiro atoms. The molecule has 0 bridgehead atoms. The highest BCUT2D eigenvalue weighted by molar-refractivity contribution is 9.10. The highest BCUT2D eigenvalue weighted by Gasteiger charge is 2.10. The largest absolute Gasteiger partial charge is 0.492 e. The van der Waals surface area contributed by atoms with Crippen molar-refractivity contribution in [2.75, 3.05) is 13.7 Å². The van der Waals surface area contributed by atoms with Crippen LogP contribution >= 0.6 is 15.9 Å². The van der Waals surface area contributed by atoms with E-state index in [9.17, 15) is 14.9 Å². The number of nitro groups is 1. The minimum atomic E-state index is -0.488.